The van der Waals surface area contributed by atoms with Crippen LogP contribution < -0.4 is 20.9 Å². The van der Waals surface area contributed by atoms with Crippen LogP contribution in [0.5, 0.6) is 0 Å². The monoisotopic (exact) mass is 684 g/mol. The molecule has 252 valence electrons. The van der Waals surface area contributed by atoms with Crippen molar-refractivity contribution >= 4 is 58.6 Å². The second-order valence-corrected chi connectivity index (χ2v) is 12.5. The fourth-order valence-corrected chi connectivity index (χ4v) is 6.02. The van der Waals surface area contributed by atoms with Gasteiger partial charge in [0.15, 0.2) is 0 Å². The van der Waals surface area contributed by atoms with E-state index in [1.165, 1.54) is 18.9 Å². The van der Waals surface area contributed by atoms with Crippen molar-refractivity contribution in [3.63, 3.8) is 0 Å². The number of esters is 1. The molecule has 0 aromatic heterocycles. The highest BCUT2D eigenvalue weighted by Gasteiger charge is 2.24. The SMILES string of the molecule is COC(=O)c1ccccc1NC(=O)C(Sc1cccc(NC(=O)/C(=C\c2ccc(N(C)C)cc2)NC(=O)c2ccccc2)c1)c1ccccc1. The van der Waals surface area contributed by atoms with Gasteiger partial charge in [0.1, 0.15) is 10.9 Å². The fourth-order valence-electron chi connectivity index (χ4n) is 4.94. The molecule has 5 aromatic rings. The largest absolute Gasteiger partial charge is 0.465 e. The lowest BCUT2D eigenvalue weighted by Gasteiger charge is -2.19. The summed E-state index contributed by atoms with van der Waals surface area (Å²) in [7, 11) is 5.16. The number of ether oxygens (including phenoxy) is 1. The van der Waals surface area contributed by atoms with Crippen molar-refractivity contribution in [3.05, 3.63) is 161 Å². The Labute approximate surface area is 295 Å². The second-order valence-electron chi connectivity index (χ2n) is 11.3. The molecule has 0 saturated heterocycles. The summed E-state index contributed by atoms with van der Waals surface area (Å²) in [6.07, 6.45) is 1.62. The van der Waals surface area contributed by atoms with Crippen molar-refractivity contribution in [1.82, 2.24) is 5.32 Å². The maximum Gasteiger partial charge on any atom is 0.339 e. The van der Waals surface area contributed by atoms with Crippen LogP contribution in [0, 0.1) is 0 Å². The van der Waals surface area contributed by atoms with Crippen molar-refractivity contribution in [1.29, 1.82) is 0 Å². The van der Waals surface area contributed by atoms with Gasteiger partial charge in [-0.2, -0.15) is 0 Å². The van der Waals surface area contributed by atoms with Gasteiger partial charge in [0, 0.05) is 35.9 Å². The van der Waals surface area contributed by atoms with E-state index in [1.54, 1.807) is 72.8 Å². The van der Waals surface area contributed by atoms with E-state index in [9.17, 15) is 19.2 Å². The molecule has 0 heterocycles. The number of methoxy groups -OCH3 is 1. The number of benzene rings is 5. The van der Waals surface area contributed by atoms with Crippen LogP contribution in [-0.2, 0) is 14.3 Å². The Balaban J connectivity index is 1.39. The third-order valence-corrected chi connectivity index (χ3v) is 8.77. The Kier molecular flexibility index (Phi) is 11.8. The van der Waals surface area contributed by atoms with E-state index in [-0.39, 0.29) is 17.2 Å². The predicted octanol–water partition coefficient (Wildman–Crippen LogP) is 7.42. The van der Waals surface area contributed by atoms with Gasteiger partial charge in [-0.3, -0.25) is 14.4 Å². The molecule has 1 unspecified atom stereocenters. The second kappa shape index (κ2) is 16.8. The van der Waals surface area contributed by atoms with E-state index in [1.807, 2.05) is 85.7 Å². The van der Waals surface area contributed by atoms with E-state index < -0.39 is 23.0 Å². The topological polar surface area (TPSA) is 117 Å². The summed E-state index contributed by atoms with van der Waals surface area (Å²) in [6, 6.07) is 39.3. The van der Waals surface area contributed by atoms with Crippen LogP contribution >= 0.6 is 11.8 Å². The van der Waals surface area contributed by atoms with Crippen molar-refractivity contribution in [3.8, 4) is 0 Å². The lowest BCUT2D eigenvalue weighted by molar-refractivity contribution is -0.116. The molecular formula is C40H36N4O5S. The van der Waals surface area contributed by atoms with Crippen LogP contribution in [0.4, 0.5) is 17.1 Å². The predicted molar refractivity (Wildman–Crippen MR) is 199 cm³/mol. The van der Waals surface area contributed by atoms with Crippen LogP contribution in [0.2, 0.25) is 0 Å². The number of hydrogen-bond donors (Lipinski definition) is 3. The molecule has 0 radical (unpaired) electrons. The zero-order valence-corrected chi connectivity index (χ0v) is 28.6. The molecule has 0 aliphatic heterocycles. The first-order valence-corrected chi connectivity index (χ1v) is 16.6. The van der Waals surface area contributed by atoms with Gasteiger partial charge in [0.2, 0.25) is 5.91 Å². The number of nitrogens with one attached hydrogen (secondary N) is 3. The lowest BCUT2D eigenvalue weighted by atomic mass is 10.1. The Morgan fingerprint density at radius 3 is 2.08 bits per heavy atom. The lowest BCUT2D eigenvalue weighted by Crippen LogP contribution is -2.30. The molecule has 10 heteroatoms. The molecule has 3 N–H and O–H groups in total. The van der Waals surface area contributed by atoms with Gasteiger partial charge < -0.3 is 25.6 Å². The highest BCUT2D eigenvalue weighted by molar-refractivity contribution is 8.00. The zero-order valence-electron chi connectivity index (χ0n) is 27.8. The van der Waals surface area contributed by atoms with E-state index in [0.717, 1.165) is 16.8 Å². The Hall–Kier alpha value is -6.13. The minimum Gasteiger partial charge on any atom is -0.465 e. The fraction of sp³-hybridized carbons (Fsp3) is 0.100. The first-order valence-electron chi connectivity index (χ1n) is 15.7. The molecule has 3 amide bonds. The van der Waals surface area contributed by atoms with Crippen molar-refractivity contribution in [2.75, 3.05) is 36.7 Å². The van der Waals surface area contributed by atoms with Gasteiger partial charge in [0.25, 0.3) is 11.8 Å². The normalized spacial score (nSPS) is 11.5. The summed E-state index contributed by atoms with van der Waals surface area (Å²) >= 11 is 1.29. The van der Waals surface area contributed by atoms with E-state index in [0.29, 0.717) is 21.8 Å². The maximum absolute atomic E-state index is 13.8. The number of para-hydroxylation sites is 1. The van der Waals surface area contributed by atoms with Crippen molar-refractivity contribution in [2.45, 2.75) is 10.1 Å². The molecule has 1 atom stereocenters. The van der Waals surface area contributed by atoms with Crippen molar-refractivity contribution < 1.29 is 23.9 Å². The highest BCUT2D eigenvalue weighted by atomic mass is 32.2. The molecule has 0 saturated carbocycles. The van der Waals surface area contributed by atoms with Gasteiger partial charge in [0.05, 0.1) is 18.4 Å². The summed E-state index contributed by atoms with van der Waals surface area (Å²) in [4.78, 5) is 55.6. The number of thioether (sulfide) groups is 1. The summed E-state index contributed by atoms with van der Waals surface area (Å²) < 4.78 is 4.89. The average Bonchev–Trinajstić information content (AvgIpc) is 3.14. The summed E-state index contributed by atoms with van der Waals surface area (Å²) in [5.41, 5.74) is 3.96. The number of carbonyl (C=O) groups excluding carboxylic acids is 4. The van der Waals surface area contributed by atoms with Crippen molar-refractivity contribution in [2.24, 2.45) is 0 Å². The summed E-state index contributed by atoms with van der Waals surface area (Å²) in [5, 5.41) is 7.85. The third-order valence-electron chi connectivity index (χ3n) is 7.53. The average molecular weight is 685 g/mol. The van der Waals surface area contributed by atoms with Gasteiger partial charge in [-0.15, -0.1) is 11.8 Å². The van der Waals surface area contributed by atoms with Gasteiger partial charge >= 0.3 is 5.97 Å². The first kappa shape index (κ1) is 35.2. The van der Waals surface area contributed by atoms with Gasteiger partial charge in [-0.1, -0.05) is 78.9 Å². The number of nitrogens with zero attached hydrogens (tertiary/aromatic N) is 1. The zero-order chi connectivity index (χ0) is 35.5. The van der Waals surface area contributed by atoms with Gasteiger partial charge in [-0.05, 0) is 71.8 Å². The van der Waals surface area contributed by atoms with E-state index in [4.69, 9.17) is 4.74 Å². The Morgan fingerprint density at radius 1 is 0.740 bits per heavy atom. The standard InChI is InChI=1S/C40H36N4O5S/c1-44(2)31-23-21-27(22-24-31)25-35(43-37(45)29-15-8-5-9-16-29)38(46)41-30-17-12-18-32(26-30)50-36(28-13-6-4-7-14-28)39(47)42-34-20-11-10-19-33(34)40(48)49-3/h4-26,36H,1-3H3,(H,41,46)(H,42,47)(H,43,45)/b35-25+. The van der Waals surface area contributed by atoms with Gasteiger partial charge in [-0.25, -0.2) is 4.79 Å². The molecule has 5 rings (SSSR count). The molecule has 0 aliphatic rings. The van der Waals surface area contributed by atoms with Crippen LogP contribution in [0.1, 0.15) is 37.1 Å². The number of hydrogen-bond acceptors (Lipinski definition) is 7. The quantitative estimate of drug-likeness (QED) is 0.0712. The maximum atomic E-state index is 13.8. The summed E-state index contributed by atoms with van der Waals surface area (Å²) in [5.74, 6) is -1.86. The molecule has 0 fully saturated rings. The number of amides is 3. The number of anilines is 3. The smallest absolute Gasteiger partial charge is 0.339 e. The molecule has 9 nitrogen and oxygen atoms in total. The van der Waals surface area contributed by atoms with Crippen LogP contribution in [-0.4, -0.2) is 44.9 Å². The molecule has 0 aliphatic carbocycles. The summed E-state index contributed by atoms with van der Waals surface area (Å²) in [6.45, 7) is 0. The van der Waals surface area contributed by atoms with Crippen LogP contribution in [0.3, 0.4) is 0 Å². The Bertz CT molecular complexity index is 2000. The highest BCUT2D eigenvalue weighted by Crippen LogP contribution is 2.37. The van der Waals surface area contributed by atoms with E-state index in [2.05, 4.69) is 16.0 Å². The minimum atomic E-state index is -0.710. The third kappa shape index (κ3) is 9.27. The van der Waals surface area contributed by atoms with Crippen LogP contribution in [0.15, 0.2) is 144 Å². The molecular weight excluding hydrogens is 649 g/mol. The van der Waals surface area contributed by atoms with E-state index >= 15 is 0 Å². The van der Waals surface area contributed by atoms with Crippen LogP contribution in [0.25, 0.3) is 6.08 Å². The number of rotatable bonds is 12. The Morgan fingerprint density at radius 2 is 1.40 bits per heavy atom. The molecule has 0 spiro atoms. The molecule has 5 aromatic carbocycles. The first-order chi connectivity index (χ1) is 24.2. The molecule has 50 heavy (non-hydrogen) atoms. The number of carbonyl (C=O) groups is 4. The minimum absolute atomic E-state index is 0.0559. The molecule has 0 bridgehead atoms.